The Morgan fingerprint density at radius 1 is 1.14 bits per heavy atom. The zero-order chi connectivity index (χ0) is 20.6. The fourth-order valence-electron chi connectivity index (χ4n) is 2.74. The molecule has 7 nitrogen and oxygen atoms in total. The fraction of sp³-hybridized carbons (Fsp3) is 0.182. The van der Waals surface area contributed by atoms with Crippen molar-refractivity contribution in [3.63, 3.8) is 0 Å². The van der Waals surface area contributed by atoms with Crippen LogP contribution >= 0.6 is 0 Å². The Morgan fingerprint density at radius 3 is 2.59 bits per heavy atom. The summed E-state index contributed by atoms with van der Waals surface area (Å²) in [6.45, 7) is 1.45. The van der Waals surface area contributed by atoms with E-state index in [1.165, 1.54) is 32.7 Å². The van der Waals surface area contributed by atoms with Gasteiger partial charge in [0, 0.05) is 5.56 Å². The molecule has 0 amide bonds. The Labute approximate surface area is 168 Å². The lowest BCUT2D eigenvalue weighted by Gasteiger charge is -2.13. The van der Waals surface area contributed by atoms with Crippen LogP contribution in [0.2, 0.25) is 0 Å². The van der Waals surface area contributed by atoms with E-state index in [0.29, 0.717) is 28.2 Å². The van der Waals surface area contributed by atoms with Crippen LogP contribution in [0.15, 0.2) is 66.4 Å². The molecule has 7 heteroatoms. The first-order chi connectivity index (χ1) is 14.1. The third kappa shape index (κ3) is 4.87. The van der Waals surface area contributed by atoms with Crippen LogP contribution in [0, 0.1) is 11.3 Å². The number of ketones is 1. The molecule has 1 aromatic heterocycles. The summed E-state index contributed by atoms with van der Waals surface area (Å²) in [6.07, 6.45) is 7.97. The van der Waals surface area contributed by atoms with Gasteiger partial charge >= 0.3 is 0 Å². The molecule has 0 aliphatic heterocycles. The molecule has 0 spiro atoms. The van der Waals surface area contributed by atoms with Crippen molar-refractivity contribution >= 4 is 11.4 Å². The summed E-state index contributed by atoms with van der Waals surface area (Å²) in [4.78, 5) is 20.2. The molecule has 0 atom stereocenters. The molecule has 0 N–H and O–H groups in total. The van der Waals surface area contributed by atoms with Crippen LogP contribution in [-0.4, -0.2) is 22.9 Å². The summed E-state index contributed by atoms with van der Waals surface area (Å²) in [5.74, 6) is 1.23. The van der Waals surface area contributed by atoms with Gasteiger partial charge in [0.1, 0.15) is 23.9 Å². The molecular weight excluding hydrogens is 370 g/mol. The van der Waals surface area contributed by atoms with Crippen LogP contribution in [0.25, 0.3) is 5.57 Å². The molecule has 0 unspecified atom stereocenters. The van der Waals surface area contributed by atoms with E-state index in [9.17, 15) is 10.1 Å². The van der Waals surface area contributed by atoms with E-state index in [4.69, 9.17) is 14.2 Å². The lowest BCUT2D eigenvalue weighted by molar-refractivity contribution is -0.111. The highest BCUT2D eigenvalue weighted by molar-refractivity contribution is 6.20. The number of ether oxygens (including phenoxy) is 3. The number of methoxy groups -OCH3 is 1. The Bertz CT molecular complexity index is 1050. The Balaban J connectivity index is 1.86. The van der Waals surface area contributed by atoms with Crippen molar-refractivity contribution in [2.24, 2.45) is 0 Å². The van der Waals surface area contributed by atoms with E-state index in [1.54, 1.807) is 24.3 Å². The summed E-state index contributed by atoms with van der Waals surface area (Å²) >= 11 is 0. The summed E-state index contributed by atoms with van der Waals surface area (Å²) in [5.41, 5.74) is 1.43. The third-order valence-corrected chi connectivity index (χ3v) is 4.07. The molecule has 2 aromatic rings. The van der Waals surface area contributed by atoms with E-state index in [-0.39, 0.29) is 17.5 Å². The number of benzene rings is 1. The van der Waals surface area contributed by atoms with Crippen molar-refractivity contribution < 1.29 is 19.0 Å². The van der Waals surface area contributed by atoms with Gasteiger partial charge in [0.15, 0.2) is 5.78 Å². The van der Waals surface area contributed by atoms with Crippen LogP contribution in [-0.2, 0) is 9.53 Å². The maximum absolute atomic E-state index is 12.0. The standard InChI is InChI=1S/C22H19N3O4/c1-15(26)18(13-27-2)17-8-4-6-10-20(17)29-22-11-21(24-14-25-22)28-19-9-5-3-7-16(19)12-23/h4,6-11,13-14H,3,5H2,1-2H3/b18-13-. The first kappa shape index (κ1) is 19.8. The molecule has 0 radical (unpaired) electrons. The van der Waals surface area contributed by atoms with Crippen LogP contribution in [0.4, 0.5) is 0 Å². The van der Waals surface area contributed by atoms with Crippen LogP contribution < -0.4 is 9.47 Å². The Morgan fingerprint density at radius 2 is 1.86 bits per heavy atom. The molecule has 1 aliphatic carbocycles. The minimum atomic E-state index is -0.158. The molecule has 3 rings (SSSR count). The molecule has 1 heterocycles. The second kappa shape index (κ2) is 9.33. The number of allylic oxidation sites excluding steroid dienone is 4. The van der Waals surface area contributed by atoms with Gasteiger partial charge in [-0.1, -0.05) is 24.3 Å². The highest BCUT2D eigenvalue weighted by Gasteiger charge is 2.16. The van der Waals surface area contributed by atoms with Gasteiger partial charge < -0.3 is 14.2 Å². The van der Waals surface area contributed by atoms with Gasteiger partial charge in [0.25, 0.3) is 0 Å². The quantitative estimate of drug-likeness (QED) is 0.513. The Hall–Kier alpha value is -3.92. The van der Waals surface area contributed by atoms with E-state index >= 15 is 0 Å². The van der Waals surface area contributed by atoms with E-state index in [1.807, 2.05) is 12.2 Å². The summed E-state index contributed by atoms with van der Waals surface area (Å²) in [7, 11) is 1.48. The number of nitrogens with zero attached hydrogens (tertiary/aromatic N) is 3. The summed E-state index contributed by atoms with van der Waals surface area (Å²) in [6, 6.07) is 10.7. The second-order valence-corrected chi connectivity index (χ2v) is 6.09. The largest absolute Gasteiger partial charge is 0.504 e. The Kier molecular flexibility index (Phi) is 6.38. The second-order valence-electron chi connectivity index (χ2n) is 6.09. The molecule has 1 aliphatic rings. The molecule has 146 valence electrons. The number of rotatable bonds is 7. The number of hydrogen-bond acceptors (Lipinski definition) is 7. The number of Topliss-reactive ketones (excluding diaryl/α,β-unsaturated/α-hetero) is 1. The van der Waals surface area contributed by atoms with E-state index in [0.717, 1.165) is 12.8 Å². The van der Waals surface area contributed by atoms with Crippen molar-refractivity contribution in [2.75, 3.05) is 7.11 Å². The van der Waals surface area contributed by atoms with Gasteiger partial charge in [-0.05, 0) is 31.9 Å². The number of carbonyl (C=O) groups excluding carboxylic acids is 1. The van der Waals surface area contributed by atoms with Crippen LogP contribution in [0.1, 0.15) is 25.3 Å². The van der Waals surface area contributed by atoms with Crippen molar-refractivity contribution in [1.82, 2.24) is 9.97 Å². The molecule has 0 saturated carbocycles. The average molecular weight is 389 g/mol. The van der Waals surface area contributed by atoms with Gasteiger partial charge in [-0.2, -0.15) is 5.26 Å². The van der Waals surface area contributed by atoms with Crippen molar-refractivity contribution in [3.8, 4) is 23.6 Å². The average Bonchev–Trinajstić information content (AvgIpc) is 2.73. The highest BCUT2D eigenvalue weighted by Crippen LogP contribution is 2.31. The summed E-state index contributed by atoms with van der Waals surface area (Å²) < 4.78 is 16.7. The molecule has 0 fully saturated rings. The fourth-order valence-corrected chi connectivity index (χ4v) is 2.74. The number of carbonyl (C=O) groups is 1. The maximum Gasteiger partial charge on any atom is 0.226 e. The normalized spacial score (nSPS) is 13.6. The van der Waals surface area contributed by atoms with Crippen molar-refractivity contribution in [1.29, 1.82) is 5.26 Å². The number of aromatic nitrogens is 2. The first-order valence-electron chi connectivity index (χ1n) is 8.94. The third-order valence-electron chi connectivity index (χ3n) is 4.07. The molecular formula is C22H19N3O4. The number of hydrogen-bond donors (Lipinski definition) is 0. The lowest BCUT2D eigenvalue weighted by Crippen LogP contribution is -2.04. The molecule has 29 heavy (non-hydrogen) atoms. The van der Waals surface area contributed by atoms with Gasteiger partial charge in [-0.25, -0.2) is 9.97 Å². The molecule has 1 aromatic carbocycles. The van der Waals surface area contributed by atoms with Crippen LogP contribution in [0.3, 0.4) is 0 Å². The molecule has 0 saturated heterocycles. The summed E-state index contributed by atoms with van der Waals surface area (Å²) in [5, 5.41) is 9.22. The smallest absolute Gasteiger partial charge is 0.226 e. The van der Waals surface area contributed by atoms with E-state index in [2.05, 4.69) is 16.0 Å². The van der Waals surface area contributed by atoms with Crippen molar-refractivity contribution in [3.05, 3.63) is 72.0 Å². The monoisotopic (exact) mass is 389 g/mol. The minimum Gasteiger partial charge on any atom is -0.504 e. The van der Waals surface area contributed by atoms with E-state index < -0.39 is 0 Å². The first-order valence-corrected chi connectivity index (χ1v) is 8.94. The predicted molar refractivity (Wildman–Crippen MR) is 106 cm³/mol. The van der Waals surface area contributed by atoms with Gasteiger partial charge in [-0.3, -0.25) is 4.79 Å². The predicted octanol–water partition coefficient (Wildman–Crippen LogP) is 4.35. The zero-order valence-corrected chi connectivity index (χ0v) is 16.1. The number of para-hydroxylation sites is 1. The lowest BCUT2D eigenvalue weighted by atomic mass is 10.0. The van der Waals surface area contributed by atoms with Crippen LogP contribution in [0.5, 0.6) is 17.5 Å². The topological polar surface area (TPSA) is 94.3 Å². The SMILES string of the molecule is CO/C=C(/C(C)=O)c1ccccc1Oc1cc(OC2=CCCC=C2C#N)ncn1. The number of nitriles is 1. The van der Waals surface area contributed by atoms with Gasteiger partial charge in [0.05, 0.1) is 30.6 Å². The highest BCUT2D eigenvalue weighted by atomic mass is 16.5. The molecule has 0 bridgehead atoms. The van der Waals surface area contributed by atoms with Gasteiger partial charge in [0.2, 0.25) is 11.8 Å². The maximum atomic E-state index is 12.0. The zero-order valence-electron chi connectivity index (χ0n) is 16.1. The van der Waals surface area contributed by atoms with Crippen molar-refractivity contribution in [2.45, 2.75) is 19.8 Å². The minimum absolute atomic E-state index is 0.158. The van der Waals surface area contributed by atoms with Gasteiger partial charge in [-0.15, -0.1) is 0 Å².